The molecule has 21 heavy (non-hydrogen) atoms. The Balaban J connectivity index is 2.05. The van der Waals surface area contributed by atoms with Crippen molar-refractivity contribution in [3.05, 3.63) is 0 Å². The summed E-state index contributed by atoms with van der Waals surface area (Å²) in [6.07, 6.45) is 14.2. The lowest BCUT2D eigenvalue weighted by Crippen LogP contribution is -2.57. The van der Waals surface area contributed by atoms with Gasteiger partial charge in [-0.05, 0) is 57.5 Å². The lowest BCUT2D eigenvalue weighted by atomic mass is 9.78. The Hall–Kier alpha value is -0.0800. The summed E-state index contributed by atoms with van der Waals surface area (Å²) in [5.41, 5.74) is 0. The number of nitrogens with one attached hydrogen (secondary N) is 1. The van der Waals surface area contributed by atoms with Crippen molar-refractivity contribution < 1.29 is 0 Å². The van der Waals surface area contributed by atoms with Gasteiger partial charge in [-0.15, -0.1) is 0 Å². The van der Waals surface area contributed by atoms with Crippen LogP contribution in [0.3, 0.4) is 0 Å². The number of rotatable bonds is 7. The fourth-order valence-corrected chi connectivity index (χ4v) is 4.87. The van der Waals surface area contributed by atoms with E-state index >= 15 is 0 Å². The normalized spacial score (nSPS) is 35.0. The van der Waals surface area contributed by atoms with Gasteiger partial charge in [0.1, 0.15) is 0 Å². The molecule has 2 rings (SSSR count). The summed E-state index contributed by atoms with van der Waals surface area (Å²) in [4.78, 5) is 2.93. The van der Waals surface area contributed by atoms with E-state index in [0.717, 1.165) is 30.6 Å². The number of piperidine rings is 1. The first-order chi connectivity index (χ1) is 10.3. The molecule has 4 unspecified atom stereocenters. The second-order valence-corrected chi connectivity index (χ2v) is 7.38. The van der Waals surface area contributed by atoms with E-state index in [1.165, 1.54) is 70.8 Å². The van der Waals surface area contributed by atoms with Gasteiger partial charge >= 0.3 is 0 Å². The molecule has 1 saturated carbocycles. The molecule has 0 aromatic rings. The molecule has 2 fully saturated rings. The molecule has 2 nitrogen and oxygen atoms in total. The van der Waals surface area contributed by atoms with Crippen LogP contribution in [0.1, 0.15) is 85.0 Å². The predicted molar refractivity (Wildman–Crippen MR) is 92.8 cm³/mol. The number of hydrogen-bond acceptors (Lipinski definition) is 2. The summed E-state index contributed by atoms with van der Waals surface area (Å²) in [5, 5.41) is 3.82. The maximum Gasteiger partial charge on any atom is 0.0254 e. The molecule has 1 heterocycles. The summed E-state index contributed by atoms with van der Waals surface area (Å²) in [7, 11) is 0. The van der Waals surface area contributed by atoms with Crippen LogP contribution in [0.5, 0.6) is 0 Å². The van der Waals surface area contributed by atoms with Gasteiger partial charge in [0, 0.05) is 18.1 Å². The maximum atomic E-state index is 3.82. The minimum atomic E-state index is 0.751. The van der Waals surface area contributed by atoms with E-state index in [4.69, 9.17) is 0 Å². The van der Waals surface area contributed by atoms with E-state index in [2.05, 4.69) is 31.0 Å². The summed E-state index contributed by atoms with van der Waals surface area (Å²) >= 11 is 0. The van der Waals surface area contributed by atoms with Gasteiger partial charge in [-0.1, -0.05) is 46.5 Å². The first kappa shape index (κ1) is 17.3. The highest BCUT2D eigenvalue weighted by Crippen LogP contribution is 2.35. The lowest BCUT2D eigenvalue weighted by Gasteiger charge is -2.48. The second-order valence-electron chi connectivity index (χ2n) is 7.38. The van der Waals surface area contributed by atoms with Crippen LogP contribution < -0.4 is 5.32 Å². The minimum absolute atomic E-state index is 0.751. The first-order valence-corrected chi connectivity index (χ1v) is 9.79. The van der Waals surface area contributed by atoms with Gasteiger partial charge in [0.2, 0.25) is 0 Å². The quantitative estimate of drug-likeness (QED) is 0.739. The van der Waals surface area contributed by atoms with Crippen molar-refractivity contribution in [2.24, 2.45) is 5.92 Å². The van der Waals surface area contributed by atoms with Crippen LogP contribution in [-0.2, 0) is 0 Å². The van der Waals surface area contributed by atoms with Crippen LogP contribution in [0.4, 0.5) is 0 Å². The second kappa shape index (κ2) is 9.15. The molecule has 1 aliphatic heterocycles. The summed E-state index contributed by atoms with van der Waals surface area (Å²) in [6, 6.07) is 2.43. The zero-order valence-corrected chi connectivity index (χ0v) is 14.7. The Morgan fingerprint density at radius 1 is 0.952 bits per heavy atom. The molecule has 0 spiro atoms. The van der Waals surface area contributed by atoms with E-state index in [1.807, 2.05) is 0 Å². The van der Waals surface area contributed by atoms with Gasteiger partial charge in [-0.25, -0.2) is 0 Å². The van der Waals surface area contributed by atoms with E-state index in [1.54, 1.807) is 0 Å². The Kier molecular flexibility index (Phi) is 7.53. The minimum Gasteiger partial charge on any atom is -0.313 e. The number of nitrogens with zero attached hydrogens (tertiary/aromatic N) is 1. The van der Waals surface area contributed by atoms with Crippen molar-refractivity contribution in [2.45, 2.75) is 103 Å². The third-order valence-corrected chi connectivity index (χ3v) is 5.81. The van der Waals surface area contributed by atoms with Crippen LogP contribution >= 0.6 is 0 Å². The van der Waals surface area contributed by atoms with Gasteiger partial charge in [-0.2, -0.15) is 0 Å². The number of likely N-dealkylation sites (N-methyl/N-ethyl adjacent to an activating group) is 1. The average molecular weight is 295 g/mol. The standard InChI is InChI=1S/C19H38N2/c1-4-9-16-12-13-18(20-6-3)19(15-16)21-14-8-7-11-17(21)10-5-2/h16-20H,4-15H2,1-3H3. The van der Waals surface area contributed by atoms with Gasteiger partial charge in [0.25, 0.3) is 0 Å². The largest absolute Gasteiger partial charge is 0.313 e. The van der Waals surface area contributed by atoms with Crippen LogP contribution in [0, 0.1) is 5.92 Å². The van der Waals surface area contributed by atoms with Crippen LogP contribution in [0.15, 0.2) is 0 Å². The molecule has 2 aliphatic rings. The Bertz CT molecular complexity index is 277. The smallest absolute Gasteiger partial charge is 0.0254 e. The highest BCUT2D eigenvalue weighted by atomic mass is 15.2. The van der Waals surface area contributed by atoms with Crippen molar-refractivity contribution in [1.29, 1.82) is 0 Å². The molecule has 1 aliphatic carbocycles. The molecule has 0 aromatic carbocycles. The van der Waals surface area contributed by atoms with Crippen molar-refractivity contribution in [3.63, 3.8) is 0 Å². The van der Waals surface area contributed by atoms with Crippen molar-refractivity contribution in [1.82, 2.24) is 10.2 Å². The fraction of sp³-hybridized carbons (Fsp3) is 1.00. The third-order valence-electron chi connectivity index (χ3n) is 5.81. The van der Waals surface area contributed by atoms with Crippen molar-refractivity contribution in [3.8, 4) is 0 Å². The Morgan fingerprint density at radius 2 is 1.76 bits per heavy atom. The Morgan fingerprint density at radius 3 is 2.48 bits per heavy atom. The lowest BCUT2D eigenvalue weighted by molar-refractivity contribution is 0.0323. The van der Waals surface area contributed by atoms with Crippen LogP contribution in [0.25, 0.3) is 0 Å². The van der Waals surface area contributed by atoms with Gasteiger partial charge < -0.3 is 5.32 Å². The van der Waals surface area contributed by atoms with E-state index in [-0.39, 0.29) is 0 Å². The number of likely N-dealkylation sites (tertiary alicyclic amines) is 1. The molecule has 0 bridgehead atoms. The monoisotopic (exact) mass is 294 g/mol. The molecule has 2 heteroatoms. The zero-order valence-electron chi connectivity index (χ0n) is 14.7. The van der Waals surface area contributed by atoms with Gasteiger partial charge in [0.05, 0.1) is 0 Å². The van der Waals surface area contributed by atoms with E-state index in [9.17, 15) is 0 Å². The van der Waals surface area contributed by atoms with Crippen molar-refractivity contribution >= 4 is 0 Å². The Labute approximate surface area is 133 Å². The molecule has 1 N–H and O–H groups in total. The van der Waals surface area contributed by atoms with Gasteiger partial charge in [0.15, 0.2) is 0 Å². The predicted octanol–water partition coefficient (Wildman–Crippen LogP) is 4.59. The van der Waals surface area contributed by atoms with Crippen LogP contribution in [-0.4, -0.2) is 36.1 Å². The van der Waals surface area contributed by atoms with Crippen molar-refractivity contribution in [2.75, 3.05) is 13.1 Å². The SMILES string of the molecule is CCCC1CCC(NCC)C(N2CCCCC2CCC)C1. The zero-order chi connectivity index (χ0) is 15.1. The van der Waals surface area contributed by atoms with E-state index in [0.29, 0.717) is 0 Å². The summed E-state index contributed by atoms with van der Waals surface area (Å²) in [5.74, 6) is 0.985. The molecule has 4 atom stereocenters. The maximum absolute atomic E-state index is 3.82. The average Bonchev–Trinajstić information content (AvgIpc) is 2.50. The topological polar surface area (TPSA) is 15.3 Å². The highest BCUT2D eigenvalue weighted by Gasteiger charge is 2.37. The molecule has 0 aromatic heterocycles. The molecule has 0 amide bonds. The first-order valence-electron chi connectivity index (χ1n) is 9.79. The molecule has 124 valence electrons. The molecule has 1 saturated heterocycles. The molecular weight excluding hydrogens is 256 g/mol. The molecule has 0 radical (unpaired) electrons. The summed E-state index contributed by atoms with van der Waals surface area (Å²) in [6.45, 7) is 9.47. The molecular formula is C19H38N2. The van der Waals surface area contributed by atoms with Crippen LogP contribution in [0.2, 0.25) is 0 Å². The summed E-state index contributed by atoms with van der Waals surface area (Å²) < 4.78 is 0. The third kappa shape index (κ3) is 4.69. The fourth-order valence-electron chi connectivity index (χ4n) is 4.87. The van der Waals surface area contributed by atoms with E-state index < -0.39 is 0 Å². The van der Waals surface area contributed by atoms with Gasteiger partial charge in [-0.3, -0.25) is 4.90 Å². The number of hydrogen-bond donors (Lipinski definition) is 1. The highest BCUT2D eigenvalue weighted by molar-refractivity contribution is 4.94.